The van der Waals surface area contributed by atoms with Gasteiger partial charge >= 0.3 is 0 Å². The average Bonchev–Trinajstić information content (AvgIpc) is 2.89. The highest BCUT2D eigenvalue weighted by Gasteiger charge is 2.06. The van der Waals surface area contributed by atoms with Crippen LogP contribution in [-0.4, -0.2) is 33.3 Å². The summed E-state index contributed by atoms with van der Waals surface area (Å²) in [5.41, 5.74) is 0.892. The van der Waals surface area contributed by atoms with Crippen LogP contribution >= 0.6 is 11.6 Å². The van der Waals surface area contributed by atoms with Gasteiger partial charge in [0.05, 0.1) is 25.0 Å². The van der Waals surface area contributed by atoms with Gasteiger partial charge in [-0.1, -0.05) is 11.6 Å². The first-order valence-electron chi connectivity index (χ1n) is 6.31. The van der Waals surface area contributed by atoms with Gasteiger partial charge < -0.3 is 4.90 Å². The number of hydrogen-bond acceptors (Lipinski definition) is 3. The Morgan fingerprint density at radius 1 is 1.21 bits per heavy atom. The number of rotatable bonds is 5. The molecule has 0 aliphatic rings. The fourth-order valence-electron chi connectivity index (χ4n) is 1.74. The Balaban J connectivity index is 2.25. The molecular formula is C13H17ClN5+. The predicted molar refractivity (Wildman–Crippen MR) is 75.2 cm³/mol. The third-order valence-corrected chi connectivity index (χ3v) is 3.19. The van der Waals surface area contributed by atoms with Crippen molar-refractivity contribution in [1.29, 1.82) is 0 Å². The molecule has 5 nitrogen and oxygen atoms in total. The lowest BCUT2D eigenvalue weighted by Gasteiger charge is -2.08. The smallest absolute Gasteiger partial charge is 0.185 e. The van der Waals surface area contributed by atoms with E-state index >= 15 is 0 Å². The van der Waals surface area contributed by atoms with Crippen molar-refractivity contribution in [2.75, 3.05) is 13.1 Å². The zero-order valence-electron chi connectivity index (χ0n) is 11.0. The van der Waals surface area contributed by atoms with E-state index in [0.29, 0.717) is 10.8 Å². The van der Waals surface area contributed by atoms with Gasteiger partial charge in [-0.25, -0.2) is 0 Å². The summed E-state index contributed by atoms with van der Waals surface area (Å²) in [7, 11) is 0. The monoisotopic (exact) mass is 278 g/mol. The number of quaternary nitrogens is 1. The number of tetrazole rings is 1. The summed E-state index contributed by atoms with van der Waals surface area (Å²) in [4.78, 5) is 1.37. The largest absolute Gasteiger partial charge is 0.309 e. The number of nitrogens with zero attached hydrogens (tertiary/aromatic N) is 4. The fourth-order valence-corrected chi connectivity index (χ4v) is 1.87. The maximum atomic E-state index is 5.87. The van der Waals surface area contributed by atoms with Crippen molar-refractivity contribution in [3.8, 4) is 5.69 Å². The van der Waals surface area contributed by atoms with Crippen LogP contribution in [0, 0.1) is 0 Å². The van der Waals surface area contributed by atoms with Crippen LogP contribution in [0.4, 0.5) is 0 Å². The summed E-state index contributed by atoms with van der Waals surface area (Å²) in [6.07, 6.45) is 4.02. The van der Waals surface area contributed by atoms with E-state index in [9.17, 15) is 0 Å². The lowest BCUT2D eigenvalue weighted by molar-refractivity contribution is -0.841. The van der Waals surface area contributed by atoms with Gasteiger partial charge in [0.15, 0.2) is 5.82 Å². The quantitative estimate of drug-likeness (QED) is 0.894. The normalized spacial score (nSPS) is 11.6. The summed E-state index contributed by atoms with van der Waals surface area (Å²) < 4.78 is 1.69. The van der Waals surface area contributed by atoms with Gasteiger partial charge in [0.25, 0.3) is 0 Å². The van der Waals surface area contributed by atoms with Crippen LogP contribution in [0.2, 0.25) is 5.02 Å². The van der Waals surface area contributed by atoms with Crippen LogP contribution in [0.1, 0.15) is 19.7 Å². The van der Waals surface area contributed by atoms with E-state index < -0.39 is 0 Å². The molecule has 2 rings (SSSR count). The van der Waals surface area contributed by atoms with Crippen LogP contribution in [0.3, 0.4) is 0 Å². The maximum absolute atomic E-state index is 5.87. The molecule has 0 saturated carbocycles. The second-order valence-corrected chi connectivity index (χ2v) is 4.56. The van der Waals surface area contributed by atoms with Crippen molar-refractivity contribution in [2.45, 2.75) is 13.8 Å². The topological polar surface area (TPSA) is 48.0 Å². The molecule has 0 aliphatic carbocycles. The Bertz CT molecular complexity index is 542. The summed E-state index contributed by atoms with van der Waals surface area (Å²) in [6, 6.07) is 7.42. The van der Waals surface area contributed by atoms with Crippen LogP contribution in [-0.2, 0) is 0 Å². The number of benzene rings is 1. The first kappa shape index (κ1) is 13.7. The average molecular weight is 279 g/mol. The Morgan fingerprint density at radius 3 is 2.53 bits per heavy atom. The van der Waals surface area contributed by atoms with E-state index in [1.807, 2.05) is 30.3 Å². The lowest BCUT2D eigenvalue weighted by Crippen LogP contribution is -3.06. The third kappa shape index (κ3) is 3.39. The molecule has 2 aromatic rings. The van der Waals surface area contributed by atoms with E-state index in [0.717, 1.165) is 18.8 Å². The maximum Gasteiger partial charge on any atom is 0.185 e. The molecule has 19 heavy (non-hydrogen) atoms. The number of nitrogens with one attached hydrogen (secondary N) is 1. The molecule has 6 heteroatoms. The Kier molecular flexibility index (Phi) is 4.65. The fraction of sp³-hybridized carbons (Fsp3) is 0.308. The molecule has 0 amide bonds. The number of halogens is 1. The van der Waals surface area contributed by atoms with Crippen LogP contribution in [0.5, 0.6) is 0 Å². The summed E-state index contributed by atoms with van der Waals surface area (Å²) >= 11 is 5.87. The lowest BCUT2D eigenvalue weighted by atomic mass is 10.3. The standard InChI is InChI=1S/C13H16ClN5/c1-3-18(4-2)10-9-13-15-16-17-19(13)12-7-5-11(14)6-8-12/h5-10H,3-4H2,1-2H3/p+1/b10-9+. The minimum atomic E-state index is 0.696. The molecule has 0 radical (unpaired) electrons. The predicted octanol–water partition coefficient (Wildman–Crippen LogP) is 1.21. The molecule has 1 aromatic carbocycles. The van der Waals surface area contributed by atoms with Gasteiger partial charge in [0.1, 0.15) is 0 Å². The van der Waals surface area contributed by atoms with Gasteiger partial charge in [-0.3, -0.25) is 0 Å². The molecule has 0 fully saturated rings. The highest BCUT2D eigenvalue weighted by Crippen LogP contribution is 2.13. The van der Waals surface area contributed by atoms with E-state index in [1.54, 1.807) is 4.68 Å². The minimum absolute atomic E-state index is 0.696. The molecule has 0 atom stereocenters. The first-order valence-corrected chi connectivity index (χ1v) is 6.69. The molecule has 0 unspecified atom stereocenters. The number of aromatic nitrogens is 4. The SMILES string of the molecule is CC[NH+](/C=C/c1nnnn1-c1ccc(Cl)cc1)CC. The van der Waals surface area contributed by atoms with Gasteiger partial charge in [-0.15, -0.1) is 5.10 Å². The molecule has 1 heterocycles. The Hall–Kier alpha value is -1.72. The van der Waals surface area contributed by atoms with E-state index in [4.69, 9.17) is 11.6 Å². The van der Waals surface area contributed by atoms with Crippen molar-refractivity contribution < 1.29 is 4.90 Å². The van der Waals surface area contributed by atoms with Crippen molar-refractivity contribution >= 4 is 17.7 Å². The number of hydrogen-bond donors (Lipinski definition) is 1. The molecule has 100 valence electrons. The third-order valence-electron chi connectivity index (χ3n) is 2.94. The summed E-state index contributed by atoms with van der Waals surface area (Å²) in [5.74, 6) is 0.710. The minimum Gasteiger partial charge on any atom is -0.309 e. The summed E-state index contributed by atoms with van der Waals surface area (Å²) in [6.45, 7) is 6.36. The highest BCUT2D eigenvalue weighted by atomic mass is 35.5. The second kappa shape index (κ2) is 6.45. The molecule has 0 spiro atoms. The van der Waals surface area contributed by atoms with Crippen molar-refractivity contribution in [3.63, 3.8) is 0 Å². The van der Waals surface area contributed by atoms with Crippen LogP contribution in [0.25, 0.3) is 11.8 Å². The summed E-state index contributed by atoms with van der Waals surface area (Å²) in [5, 5.41) is 12.4. The van der Waals surface area contributed by atoms with Gasteiger partial charge in [-0.2, -0.15) is 4.68 Å². The zero-order chi connectivity index (χ0) is 13.7. The molecule has 0 aliphatic heterocycles. The highest BCUT2D eigenvalue weighted by molar-refractivity contribution is 6.30. The molecule has 1 aromatic heterocycles. The second-order valence-electron chi connectivity index (χ2n) is 4.12. The van der Waals surface area contributed by atoms with Crippen molar-refractivity contribution in [3.05, 3.63) is 41.3 Å². The van der Waals surface area contributed by atoms with Gasteiger partial charge in [-0.05, 0) is 48.5 Å². The van der Waals surface area contributed by atoms with Gasteiger partial charge in [0, 0.05) is 11.1 Å². The van der Waals surface area contributed by atoms with E-state index in [2.05, 4.69) is 35.6 Å². The zero-order valence-corrected chi connectivity index (χ0v) is 11.8. The molecular weight excluding hydrogens is 262 g/mol. The molecule has 1 N–H and O–H groups in total. The van der Waals surface area contributed by atoms with E-state index in [1.165, 1.54) is 4.90 Å². The first-order chi connectivity index (χ1) is 9.24. The van der Waals surface area contributed by atoms with Crippen LogP contribution < -0.4 is 4.90 Å². The van der Waals surface area contributed by atoms with Gasteiger partial charge in [0.2, 0.25) is 0 Å². The molecule has 0 saturated heterocycles. The Morgan fingerprint density at radius 2 is 1.89 bits per heavy atom. The van der Waals surface area contributed by atoms with Crippen molar-refractivity contribution in [1.82, 2.24) is 20.2 Å². The van der Waals surface area contributed by atoms with Crippen molar-refractivity contribution in [2.24, 2.45) is 0 Å². The molecule has 0 bridgehead atoms. The Labute approximate surface area is 117 Å². The van der Waals surface area contributed by atoms with Crippen LogP contribution in [0.15, 0.2) is 30.5 Å². The van der Waals surface area contributed by atoms with E-state index in [-0.39, 0.29) is 0 Å².